The highest BCUT2D eigenvalue weighted by Crippen LogP contribution is 2.19. The Labute approximate surface area is 151 Å². The van der Waals surface area contributed by atoms with E-state index in [2.05, 4.69) is 10.3 Å². The normalized spacial score (nSPS) is 11.5. The second kappa shape index (κ2) is 7.17. The van der Waals surface area contributed by atoms with Crippen LogP contribution in [0.5, 0.6) is 5.75 Å². The first-order chi connectivity index (χ1) is 12.4. The molecule has 0 saturated heterocycles. The summed E-state index contributed by atoms with van der Waals surface area (Å²) in [6.07, 6.45) is 1.15. The molecule has 0 spiro atoms. The summed E-state index contributed by atoms with van der Waals surface area (Å²) < 4.78 is 30.2. The van der Waals surface area contributed by atoms with Gasteiger partial charge in [-0.05, 0) is 24.3 Å². The molecule has 0 aliphatic heterocycles. The lowest BCUT2D eigenvalue weighted by molar-refractivity contribution is -0.116. The molecule has 0 aliphatic carbocycles. The summed E-state index contributed by atoms with van der Waals surface area (Å²) in [7, 11) is -1.73. The number of hydrogen-bond donors (Lipinski definition) is 1. The molecule has 3 rings (SSSR count). The van der Waals surface area contributed by atoms with E-state index >= 15 is 0 Å². The molecule has 8 heteroatoms. The van der Waals surface area contributed by atoms with Gasteiger partial charge >= 0.3 is 0 Å². The van der Waals surface area contributed by atoms with Gasteiger partial charge in [0.1, 0.15) is 23.9 Å². The number of sulfone groups is 1. The molecule has 136 valence electrons. The van der Waals surface area contributed by atoms with Gasteiger partial charge in [-0.2, -0.15) is 0 Å². The largest absolute Gasteiger partial charge is 0.497 e. The third-order valence-electron chi connectivity index (χ3n) is 3.78. The third kappa shape index (κ3) is 4.20. The molecule has 1 N–H and O–H groups in total. The minimum atomic E-state index is -3.28. The summed E-state index contributed by atoms with van der Waals surface area (Å²) in [6.45, 7) is -0.0391. The van der Waals surface area contributed by atoms with Crippen LogP contribution in [0, 0.1) is 0 Å². The highest BCUT2D eigenvalue weighted by Gasteiger charge is 2.17. The topological polar surface area (TPSA) is 90.3 Å². The molecule has 3 aromatic rings. The van der Waals surface area contributed by atoms with Crippen LogP contribution in [0.15, 0.2) is 48.5 Å². The molecule has 0 unspecified atom stereocenters. The summed E-state index contributed by atoms with van der Waals surface area (Å²) in [4.78, 5) is 16.9. The van der Waals surface area contributed by atoms with Gasteiger partial charge in [0.2, 0.25) is 5.91 Å². The summed E-state index contributed by atoms with van der Waals surface area (Å²) in [5.41, 5.74) is 1.97. The maximum Gasteiger partial charge on any atom is 0.244 e. The van der Waals surface area contributed by atoms with Crippen LogP contribution in [-0.2, 0) is 26.9 Å². The number of aromatic nitrogens is 2. The fraction of sp³-hybridized carbons (Fsp3) is 0.222. The molecule has 2 aromatic carbocycles. The van der Waals surface area contributed by atoms with Crippen LogP contribution >= 0.6 is 0 Å². The van der Waals surface area contributed by atoms with Gasteiger partial charge in [0, 0.05) is 18.0 Å². The molecule has 0 bridgehead atoms. The van der Waals surface area contributed by atoms with Crippen molar-refractivity contribution in [2.75, 3.05) is 18.7 Å². The van der Waals surface area contributed by atoms with Crippen LogP contribution in [-0.4, -0.2) is 37.2 Å². The first-order valence-electron chi connectivity index (χ1n) is 7.91. The van der Waals surface area contributed by atoms with Crippen LogP contribution in [0.25, 0.3) is 11.0 Å². The predicted octanol–water partition coefficient (Wildman–Crippen LogP) is 2.23. The molecule has 26 heavy (non-hydrogen) atoms. The van der Waals surface area contributed by atoms with Gasteiger partial charge in [0.25, 0.3) is 0 Å². The number of fused-ring (bicyclic) bond motifs is 1. The molecule has 1 aromatic heterocycles. The van der Waals surface area contributed by atoms with Crippen molar-refractivity contribution in [3.63, 3.8) is 0 Å². The highest BCUT2D eigenvalue weighted by molar-refractivity contribution is 7.89. The van der Waals surface area contributed by atoms with Crippen LogP contribution in [0.2, 0.25) is 0 Å². The number of hydrogen-bond acceptors (Lipinski definition) is 5. The minimum Gasteiger partial charge on any atom is -0.497 e. The SMILES string of the molecule is COc1cccc(NC(=O)Cn2c(CS(C)(=O)=O)nc3ccccc32)c1. The fourth-order valence-electron chi connectivity index (χ4n) is 2.69. The molecule has 0 aliphatic rings. The first kappa shape index (κ1) is 17.9. The monoisotopic (exact) mass is 373 g/mol. The molecule has 0 atom stereocenters. The number of ether oxygens (including phenoxy) is 1. The molecule has 1 amide bonds. The fourth-order valence-corrected chi connectivity index (χ4v) is 3.38. The van der Waals surface area contributed by atoms with Crippen molar-refractivity contribution in [2.45, 2.75) is 12.3 Å². The highest BCUT2D eigenvalue weighted by atomic mass is 32.2. The van der Waals surface area contributed by atoms with Crippen LogP contribution in [0.3, 0.4) is 0 Å². The zero-order chi connectivity index (χ0) is 18.7. The molecule has 0 fully saturated rings. The summed E-state index contributed by atoms with van der Waals surface area (Å²) in [5, 5.41) is 2.79. The average Bonchev–Trinajstić information content (AvgIpc) is 2.90. The van der Waals surface area contributed by atoms with E-state index in [0.29, 0.717) is 28.3 Å². The number of carbonyl (C=O) groups is 1. The molecule has 1 heterocycles. The standard InChI is InChI=1S/C18H19N3O4S/c1-25-14-7-5-6-13(10-14)19-18(22)11-21-16-9-4-3-8-15(16)20-17(21)12-26(2,23)24/h3-10H,11-12H2,1-2H3,(H,19,22). The van der Waals surface area contributed by atoms with Gasteiger partial charge < -0.3 is 14.6 Å². The van der Waals surface area contributed by atoms with Crippen molar-refractivity contribution in [2.24, 2.45) is 0 Å². The quantitative estimate of drug-likeness (QED) is 0.716. The van der Waals surface area contributed by atoms with Crippen LogP contribution in [0.1, 0.15) is 5.82 Å². The number of nitrogens with zero attached hydrogens (tertiary/aromatic N) is 2. The number of rotatable bonds is 6. The van der Waals surface area contributed by atoms with Gasteiger partial charge in [-0.15, -0.1) is 0 Å². The first-order valence-corrected chi connectivity index (χ1v) is 9.97. The molecular formula is C18H19N3O4S. The maximum absolute atomic E-state index is 12.5. The number of anilines is 1. The lowest BCUT2D eigenvalue weighted by Gasteiger charge is -2.10. The number of carbonyl (C=O) groups excluding carboxylic acids is 1. The Kier molecular flexibility index (Phi) is 4.94. The van der Waals surface area contributed by atoms with Gasteiger partial charge in [-0.3, -0.25) is 4.79 Å². The minimum absolute atomic E-state index is 0.0391. The Morgan fingerprint density at radius 3 is 2.69 bits per heavy atom. The second-order valence-electron chi connectivity index (χ2n) is 5.95. The van der Waals surface area contributed by atoms with E-state index in [1.165, 1.54) is 0 Å². The lowest BCUT2D eigenvalue weighted by Crippen LogP contribution is -2.21. The van der Waals surface area contributed by atoms with Crippen molar-refractivity contribution in [3.05, 3.63) is 54.4 Å². The Balaban J connectivity index is 1.89. The second-order valence-corrected chi connectivity index (χ2v) is 8.09. The van der Waals surface area contributed by atoms with E-state index in [4.69, 9.17) is 4.74 Å². The summed E-state index contributed by atoms with van der Waals surface area (Å²) >= 11 is 0. The number of benzene rings is 2. The number of nitrogens with one attached hydrogen (secondary N) is 1. The van der Waals surface area contributed by atoms with E-state index in [0.717, 1.165) is 6.26 Å². The average molecular weight is 373 g/mol. The molecule has 0 radical (unpaired) electrons. The van der Waals surface area contributed by atoms with Crippen molar-refractivity contribution in [1.82, 2.24) is 9.55 Å². The van der Waals surface area contributed by atoms with Gasteiger partial charge in [-0.25, -0.2) is 13.4 Å². The smallest absolute Gasteiger partial charge is 0.244 e. The van der Waals surface area contributed by atoms with E-state index in [1.807, 2.05) is 18.2 Å². The lowest BCUT2D eigenvalue weighted by atomic mass is 10.3. The summed E-state index contributed by atoms with van der Waals surface area (Å²) in [5.74, 6) is 0.466. The zero-order valence-electron chi connectivity index (χ0n) is 14.5. The van der Waals surface area contributed by atoms with Crippen molar-refractivity contribution in [3.8, 4) is 5.75 Å². The zero-order valence-corrected chi connectivity index (χ0v) is 15.3. The van der Waals surface area contributed by atoms with Crippen molar-refractivity contribution in [1.29, 1.82) is 0 Å². The molecule has 7 nitrogen and oxygen atoms in total. The molecule has 0 saturated carbocycles. The van der Waals surface area contributed by atoms with Gasteiger partial charge in [0.15, 0.2) is 9.84 Å². The number of amides is 1. The van der Waals surface area contributed by atoms with Crippen LogP contribution < -0.4 is 10.1 Å². The Morgan fingerprint density at radius 1 is 1.19 bits per heavy atom. The maximum atomic E-state index is 12.5. The van der Waals surface area contributed by atoms with Crippen molar-refractivity contribution >= 4 is 32.5 Å². The number of para-hydroxylation sites is 2. The predicted molar refractivity (Wildman–Crippen MR) is 99.9 cm³/mol. The van der Waals surface area contributed by atoms with Gasteiger partial charge in [-0.1, -0.05) is 18.2 Å². The van der Waals surface area contributed by atoms with E-state index in [9.17, 15) is 13.2 Å². The van der Waals surface area contributed by atoms with Crippen LogP contribution in [0.4, 0.5) is 5.69 Å². The summed E-state index contributed by atoms with van der Waals surface area (Å²) in [6, 6.07) is 14.3. The number of imidazole rings is 1. The molecular weight excluding hydrogens is 354 g/mol. The van der Waals surface area contributed by atoms with Gasteiger partial charge in [0.05, 0.1) is 18.1 Å². The Hall–Kier alpha value is -2.87. The van der Waals surface area contributed by atoms with E-state index in [1.54, 1.807) is 42.0 Å². The van der Waals surface area contributed by atoms with Crippen molar-refractivity contribution < 1.29 is 17.9 Å². The Morgan fingerprint density at radius 2 is 1.96 bits per heavy atom. The van der Waals surface area contributed by atoms with E-state index in [-0.39, 0.29) is 18.2 Å². The Bertz CT molecular complexity index is 1060. The third-order valence-corrected chi connectivity index (χ3v) is 4.56. The van der Waals surface area contributed by atoms with E-state index < -0.39 is 9.84 Å². The number of methoxy groups -OCH3 is 1.